The Kier molecular flexibility index (Phi) is 7.81. The summed E-state index contributed by atoms with van der Waals surface area (Å²) < 4.78 is 28.2. The molecular weight excluding hydrogens is 218 g/mol. The highest BCUT2D eigenvalue weighted by atomic mass is 32.2. The van der Waals surface area contributed by atoms with Crippen molar-refractivity contribution in [2.24, 2.45) is 11.7 Å². The van der Waals surface area contributed by atoms with Gasteiger partial charge in [0.25, 0.3) is 10.1 Å². The molecule has 6 heteroatoms. The lowest BCUT2D eigenvalue weighted by molar-refractivity contribution is -0.114. The maximum absolute atomic E-state index is 10.00. The molecule has 0 aromatic carbocycles. The van der Waals surface area contributed by atoms with Crippen LogP contribution < -0.4 is 5.73 Å². The first-order chi connectivity index (χ1) is 6.60. The van der Waals surface area contributed by atoms with Crippen molar-refractivity contribution in [1.82, 2.24) is 0 Å². The molecule has 0 aliphatic rings. The number of amides is 1. The minimum absolute atomic E-state index is 0.00463. The smallest absolute Gasteiger partial charge is 0.265 e. The third kappa shape index (κ3) is 15.6. The molecule has 0 aliphatic carbocycles. The Balaban J connectivity index is 0. The highest BCUT2D eigenvalue weighted by Gasteiger charge is 2.06. The van der Waals surface area contributed by atoms with Crippen molar-refractivity contribution in [3.05, 3.63) is 24.8 Å². The Morgan fingerprint density at radius 2 is 1.93 bits per heavy atom. The van der Waals surface area contributed by atoms with E-state index in [1.165, 1.54) is 6.08 Å². The van der Waals surface area contributed by atoms with E-state index in [1.807, 2.05) is 0 Å². The van der Waals surface area contributed by atoms with Crippen molar-refractivity contribution in [1.29, 1.82) is 0 Å². The summed E-state index contributed by atoms with van der Waals surface area (Å²) >= 11 is 0. The van der Waals surface area contributed by atoms with Gasteiger partial charge < -0.3 is 5.73 Å². The molecule has 0 aromatic rings. The van der Waals surface area contributed by atoms with Crippen LogP contribution in [0.15, 0.2) is 24.8 Å². The van der Waals surface area contributed by atoms with Crippen molar-refractivity contribution in [3.63, 3.8) is 0 Å². The second-order valence-electron chi connectivity index (χ2n) is 3.24. The molecule has 0 saturated carbocycles. The summed E-state index contributed by atoms with van der Waals surface area (Å²) in [5.41, 5.74) is 4.99. The molecule has 3 N–H and O–H groups in total. The van der Waals surface area contributed by atoms with Gasteiger partial charge in [-0.2, -0.15) is 8.42 Å². The Hall–Kier alpha value is -1.14. The average Bonchev–Trinajstić information content (AvgIpc) is 1.99. The lowest BCUT2D eigenvalue weighted by atomic mass is 10.3. The van der Waals surface area contributed by atoms with Gasteiger partial charge in [-0.1, -0.05) is 33.1 Å². The van der Waals surface area contributed by atoms with E-state index in [0.29, 0.717) is 0 Å². The number of primary amides is 1. The Bertz CT molecular complexity index is 330. The van der Waals surface area contributed by atoms with Crippen LogP contribution in [-0.2, 0) is 14.9 Å². The Morgan fingerprint density at radius 3 is 1.93 bits per heavy atom. The molecule has 0 atom stereocenters. The van der Waals surface area contributed by atoms with E-state index >= 15 is 0 Å². The normalized spacial score (nSPS) is 10.1. The van der Waals surface area contributed by atoms with Gasteiger partial charge >= 0.3 is 0 Å². The number of nitrogens with two attached hydrogens (primary N) is 1. The van der Waals surface area contributed by atoms with Gasteiger partial charge in [0.1, 0.15) is 0 Å². The van der Waals surface area contributed by atoms with Crippen LogP contribution in [0.1, 0.15) is 13.8 Å². The molecule has 0 unspecified atom stereocenters. The second-order valence-corrected chi connectivity index (χ2v) is 4.73. The van der Waals surface area contributed by atoms with Gasteiger partial charge in [-0.05, 0) is 5.92 Å². The molecule has 0 rings (SSSR count). The molecular formula is C9H17NO4S. The predicted molar refractivity (Wildman–Crippen MR) is 59.8 cm³/mol. The minimum Gasteiger partial charge on any atom is -0.366 e. The first-order valence-electron chi connectivity index (χ1n) is 4.16. The summed E-state index contributed by atoms with van der Waals surface area (Å²) in [7, 11) is -3.72. The van der Waals surface area contributed by atoms with Gasteiger partial charge in [0.15, 0.2) is 0 Å². The van der Waals surface area contributed by atoms with Gasteiger partial charge in [0.2, 0.25) is 5.91 Å². The molecule has 0 aromatic heterocycles. The molecule has 0 spiro atoms. The van der Waals surface area contributed by atoms with Crippen LogP contribution in [-0.4, -0.2) is 24.6 Å². The maximum Gasteiger partial charge on any atom is 0.265 e. The molecule has 0 heterocycles. The zero-order valence-electron chi connectivity index (χ0n) is 8.93. The first kappa shape index (κ1) is 16.3. The largest absolute Gasteiger partial charge is 0.366 e. The van der Waals surface area contributed by atoms with E-state index < -0.39 is 16.0 Å². The number of hydrogen-bond acceptors (Lipinski definition) is 3. The monoisotopic (exact) mass is 235 g/mol. The fourth-order valence-electron chi connectivity index (χ4n) is 0.522. The standard InChI is InChI=1S/C5H7NO.C4H10O3S/c1-3-4(2)5(6)7;1-4(2)3-8(5,6)7/h3H,1-2H2,(H2,6,7);4H,3H2,1-2H3,(H,5,6,7). The summed E-state index contributed by atoms with van der Waals surface area (Å²) in [6.07, 6.45) is 1.32. The molecule has 1 amide bonds. The summed E-state index contributed by atoms with van der Waals surface area (Å²) in [6.45, 7) is 10.0. The lowest BCUT2D eigenvalue weighted by Gasteiger charge is -1.97. The number of carbonyl (C=O) groups is 1. The number of rotatable bonds is 4. The fourth-order valence-corrected chi connectivity index (χ4v) is 1.36. The summed E-state index contributed by atoms with van der Waals surface area (Å²) in [4.78, 5) is 9.98. The summed E-state index contributed by atoms with van der Waals surface area (Å²) in [6, 6.07) is 0. The molecule has 5 nitrogen and oxygen atoms in total. The molecule has 0 aliphatic heterocycles. The first-order valence-corrected chi connectivity index (χ1v) is 5.77. The molecule has 15 heavy (non-hydrogen) atoms. The number of carbonyl (C=O) groups excluding carboxylic acids is 1. The van der Waals surface area contributed by atoms with Crippen molar-refractivity contribution < 1.29 is 17.8 Å². The number of hydrogen-bond donors (Lipinski definition) is 2. The van der Waals surface area contributed by atoms with Crippen LogP contribution in [0.2, 0.25) is 0 Å². The maximum atomic E-state index is 10.00. The quantitative estimate of drug-likeness (QED) is 0.426. The van der Waals surface area contributed by atoms with Gasteiger partial charge in [-0.25, -0.2) is 0 Å². The van der Waals surface area contributed by atoms with Crippen LogP contribution in [0, 0.1) is 5.92 Å². The van der Waals surface area contributed by atoms with Gasteiger partial charge in [0.05, 0.1) is 5.75 Å². The van der Waals surface area contributed by atoms with E-state index in [1.54, 1.807) is 13.8 Å². The van der Waals surface area contributed by atoms with Crippen molar-refractivity contribution >= 4 is 16.0 Å². The highest BCUT2D eigenvalue weighted by Crippen LogP contribution is 1.95. The van der Waals surface area contributed by atoms with Crippen LogP contribution in [0.25, 0.3) is 0 Å². The minimum atomic E-state index is -3.72. The molecule has 0 saturated heterocycles. The third-order valence-corrected chi connectivity index (χ3v) is 2.19. The van der Waals surface area contributed by atoms with Crippen LogP contribution in [0.3, 0.4) is 0 Å². The summed E-state index contributed by atoms with van der Waals surface area (Å²) in [5, 5.41) is 0. The fraction of sp³-hybridized carbons (Fsp3) is 0.444. The molecule has 0 radical (unpaired) electrons. The van der Waals surface area contributed by atoms with Crippen molar-refractivity contribution in [2.45, 2.75) is 13.8 Å². The highest BCUT2D eigenvalue weighted by molar-refractivity contribution is 7.85. The Morgan fingerprint density at radius 1 is 1.53 bits per heavy atom. The van der Waals surface area contributed by atoms with Gasteiger partial charge in [-0.15, -0.1) is 0 Å². The van der Waals surface area contributed by atoms with Crippen LogP contribution in [0.5, 0.6) is 0 Å². The van der Waals surface area contributed by atoms with Crippen molar-refractivity contribution in [3.8, 4) is 0 Å². The Labute approximate surface area is 90.4 Å². The third-order valence-electron chi connectivity index (χ3n) is 1.11. The molecule has 0 bridgehead atoms. The van der Waals surface area contributed by atoms with Gasteiger partial charge in [-0.3, -0.25) is 9.35 Å². The predicted octanol–water partition coefficient (Wildman–Crippen LogP) is 0.744. The van der Waals surface area contributed by atoms with Crippen LogP contribution >= 0.6 is 0 Å². The average molecular weight is 235 g/mol. The van der Waals surface area contributed by atoms with E-state index in [0.717, 1.165) is 0 Å². The van der Waals surface area contributed by atoms with Crippen LogP contribution in [0.4, 0.5) is 0 Å². The zero-order valence-corrected chi connectivity index (χ0v) is 9.75. The van der Waals surface area contributed by atoms with E-state index in [-0.39, 0.29) is 17.2 Å². The second kappa shape index (κ2) is 7.19. The van der Waals surface area contributed by atoms with Gasteiger partial charge in [0, 0.05) is 5.57 Å². The summed E-state index contributed by atoms with van der Waals surface area (Å²) in [5.74, 6) is -0.660. The van der Waals surface area contributed by atoms with E-state index in [2.05, 4.69) is 13.2 Å². The molecule has 0 fully saturated rings. The lowest BCUT2D eigenvalue weighted by Crippen LogP contribution is -2.10. The molecule has 88 valence electrons. The van der Waals surface area contributed by atoms with Crippen molar-refractivity contribution in [2.75, 3.05) is 5.75 Å². The van der Waals surface area contributed by atoms with E-state index in [4.69, 9.17) is 10.3 Å². The topological polar surface area (TPSA) is 97.5 Å². The SMILES string of the molecule is C=CC(=C)C(N)=O.CC(C)CS(=O)(=O)O. The zero-order chi connectivity index (χ0) is 12.6. The van der Waals surface area contributed by atoms with E-state index in [9.17, 15) is 13.2 Å².